The Bertz CT molecular complexity index is 1140. The molecular formula is C24H26ClFN6O. The Kier molecular flexibility index (Phi) is 5.52. The first-order valence-electron chi connectivity index (χ1n) is 11.6. The molecule has 2 fully saturated rings. The predicted octanol–water partition coefficient (Wildman–Crippen LogP) is 3.94. The number of hydrogen-bond acceptors (Lipinski definition) is 6. The first-order chi connectivity index (χ1) is 16.2. The SMILES string of the molecule is Fc1ccc(N2CCC(c3nnc4n3-c3ccc(Cl)cc3CN([C@@H]3CCOC3)C4)CC2)nc1. The maximum atomic E-state index is 13.3. The smallest absolute Gasteiger partial charge is 0.151 e. The molecule has 0 spiro atoms. The number of rotatable bonds is 3. The van der Waals surface area contributed by atoms with Crippen LogP contribution < -0.4 is 4.90 Å². The molecular weight excluding hydrogens is 443 g/mol. The average molecular weight is 469 g/mol. The lowest BCUT2D eigenvalue weighted by Gasteiger charge is -2.32. The number of pyridine rings is 1. The van der Waals surface area contributed by atoms with Crippen LogP contribution in [0.5, 0.6) is 0 Å². The molecule has 0 amide bonds. The molecule has 6 rings (SSSR count). The number of anilines is 1. The first-order valence-corrected chi connectivity index (χ1v) is 11.9. The summed E-state index contributed by atoms with van der Waals surface area (Å²) in [5.41, 5.74) is 2.32. The third-order valence-electron chi connectivity index (χ3n) is 7.07. The third-order valence-corrected chi connectivity index (χ3v) is 7.31. The van der Waals surface area contributed by atoms with Crippen LogP contribution in [0, 0.1) is 5.82 Å². The molecule has 0 aliphatic carbocycles. The molecule has 0 saturated carbocycles. The largest absolute Gasteiger partial charge is 0.380 e. The topological polar surface area (TPSA) is 59.3 Å². The van der Waals surface area contributed by atoms with Crippen molar-refractivity contribution in [2.24, 2.45) is 0 Å². The van der Waals surface area contributed by atoms with Gasteiger partial charge in [-0.15, -0.1) is 10.2 Å². The fourth-order valence-corrected chi connectivity index (χ4v) is 5.50. The highest BCUT2D eigenvalue weighted by molar-refractivity contribution is 6.30. The van der Waals surface area contributed by atoms with Gasteiger partial charge < -0.3 is 9.64 Å². The zero-order chi connectivity index (χ0) is 22.4. The Morgan fingerprint density at radius 1 is 1.03 bits per heavy atom. The van der Waals surface area contributed by atoms with Gasteiger partial charge in [0.25, 0.3) is 0 Å². The molecule has 0 radical (unpaired) electrons. The van der Waals surface area contributed by atoms with Gasteiger partial charge in [0.1, 0.15) is 17.5 Å². The van der Waals surface area contributed by atoms with Crippen LogP contribution >= 0.6 is 11.6 Å². The van der Waals surface area contributed by atoms with Crippen LogP contribution in [0.15, 0.2) is 36.5 Å². The van der Waals surface area contributed by atoms with Gasteiger partial charge in [0.2, 0.25) is 0 Å². The number of aromatic nitrogens is 4. The van der Waals surface area contributed by atoms with Gasteiger partial charge >= 0.3 is 0 Å². The van der Waals surface area contributed by atoms with Crippen molar-refractivity contribution in [3.05, 3.63) is 64.6 Å². The molecule has 3 aliphatic heterocycles. The average Bonchev–Trinajstić information content (AvgIpc) is 3.48. The molecule has 9 heteroatoms. The predicted molar refractivity (Wildman–Crippen MR) is 123 cm³/mol. The number of ether oxygens (including phenoxy) is 1. The summed E-state index contributed by atoms with van der Waals surface area (Å²) in [6.45, 7) is 4.83. The van der Waals surface area contributed by atoms with Crippen LogP contribution in [0.2, 0.25) is 5.02 Å². The van der Waals surface area contributed by atoms with Crippen molar-refractivity contribution >= 4 is 17.4 Å². The minimum Gasteiger partial charge on any atom is -0.380 e. The summed E-state index contributed by atoms with van der Waals surface area (Å²) in [5.74, 6) is 2.80. The number of hydrogen-bond donors (Lipinski definition) is 0. The van der Waals surface area contributed by atoms with Gasteiger partial charge in [0, 0.05) is 43.2 Å². The molecule has 0 unspecified atom stereocenters. The van der Waals surface area contributed by atoms with Gasteiger partial charge in [0.15, 0.2) is 5.82 Å². The van der Waals surface area contributed by atoms with E-state index in [1.807, 2.05) is 6.07 Å². The second-order valence-corrected chi connectivity index (χ2v) is 9.54. The van der Waals surface area contributed by atoms with Crippen LogP contribution in [-0.2, 0) is 17.8 Å². The number of fused-ring (bicyclic) bond motifs is 3. The highest BCUT2D eigenvalue weighted by Crippen LogP contribution is 2.35. The molecule has 1 aromatic carbocycles. The molecule has 2 aromatic heterocycles. The summed E-state index contributed by atoms with van der Waals surface area (Å²) in [6.07, 6.45) is 4.20. The Morgan fingerprint density at radius 2 is 1.91 bits per heavy atom. The van der Waals surface area contributed by atoms with Gasteiger partial charge in [-0.3, -0.25) is 9.47 Å². The molecule has 3 aromatic rings. The molecule has 33 heavy (non-hydrogen) atoms. The second-order valence-electron chi connectivity index (χ2n) is 9.10. The molecule has 1 atom stereocenters. The van der Waals surface area contributed by atoms with Gasteiger partial charge in [-0.05, 0) is 55.2 Å². The summed E-state index contributed by atoms with van der Waals surface area (Å²) in [6, 6.07) is 9.72. The lowest BCUT2D eigenvalue weighted by molar-refractivity contribution is 0.133. The van der Waals surface area contributed by atoms with Crippen molar-refractivity contribution in [2.45, 2.75) is 44.3 Å². The lowest BCUT2D eigenvalue weighted by atomic mass is 9.95. The van der Waals surface area contributed by atoms with Crippen molar-refractivity contribution < 1.29 is 9.13 Å². The quantitative estimate of drug-likeness (QED) is 0.580. The summed E-state index contributed by atoms with van der Waals surface area (Å²) in [5, 5.41) is 10.1. The minimum atomic E-state index is -0.309. The van der Waals surface area contributed by atoms with E-state index in [4.69, 9.17) is 21.4 Å². The fraction of sp³-hybridized carbons (Fsp3) is 0.458. The minimum absolute atomic E-state index is 0.299. The number of halogens is 2. The van der Waals surface area contributed by atoms with Gasteiger partial charge in [-0.25, -0.2) is 9.37 Å². The third kappa shape index (κ3) is 4.00. The van der Waals surface area contributed by atoms with E-state index >= 15 is 0 Å². The number of piperidine rings is 1. The first kappa shape index (κ1) is 21.0. The van der Waals surface area contributed by atoms with Crippen LogP contribution in [-0.4, -0.2) is 57.0 Å². The van der Waals surface area contributed by atoms with Crippen LogP contribution in [0.3, 0.4) is 0 Å². The number of benzene rings is 1. The van der Waals surface area contributed by atoms with E-state index in [0.717, 1.165) is 86.8 Å². The van der Waals surface area contributed by atoms with Gasteiger partial charge in [0.05, 0.1) is 25.0 Å². The monoisotopic (exact) mass is 468 g/mol. The zero-order valence-corrected chi connectivity index (χ0v) is 19.1. The normalized spacial score (nSPS) is 21.6. The molecule has 172 valence electrons. The van der Waals surface area contributed by atoms with E-state index in [1.165, 1.54) is 17.8 Å². The lowest BCUT2D eigenvalue weighted by Crippen LogP contribution is -2.34. The van der Waals surface area contributed by atoms with E-state index in [2.05, 4.69) is 36.6 Å². The molecule has 7 nitrogen and oxygen atoms in total. The summed E-state index contributed by atoms with van der Waals surface area (Å²) in [7, 11) is 0. The van der Waals surface area contributed by atoms with Crippen molar-refractivity contribution in [3.8, 4) is 5.69 Å². The highest BCUT2D eigenvalue weighted by Gasteiger charge is 2.33. The van der Waals surface area contributed by atoms with E-state index in [1.54, 1.807) is 6.07 Å². The Balaban J connectivity index is 1.29. The fourth-order valence-electron chi connectivity index (χ4n) is 5.30. The van der Waals surface area contributed by atoms with E-state index in [0.29, 0.717) is 12.0 Å². The van der Waals surface area contributed by atoms with Crippen molar-refractivity contribution in [2.75, 3.05) is 31.2 Å². The van der Waals surface area contributed by atoms with Crippen molar-refractivity contribution in [3.63, 3.8) is 0 Å². The van der Waals surface area contributed by atoms with Crippen LogP contribution in [0.25, 0.3) is 5.69 Å². The number of nitrogens with zero attached hydrogens (tertiary/aromatic N) is 6. The van der Waals surface area contributed by atoms with E-state index < -0.39 is 0 Å². The van der Waals surface area contributed by atoms with E-state index in [-0.39, 0.29) is 5.82 Å². The van der Waals surface area contributed by atoms with Crippen molar-refractivity contribution in [1.82, 2.24) is 24.6 Å². The maximum Gasteiger partial charge on any atom is 0.151 e. The van der Waals surface area contributed by atoms with E-state index in [9.17, 15) is 4.39 Å². The Morgan fingerprint density at radius 3 is 2.67 bits per heavy atom. The molecule has 2 saturated heterocycles. The Labute approximate surface area is 197 Å². The summed E-state index contributed by atoms with van der Waals surface area (Å²) < 4.78 is 21.2. The van der Waals surface area contributed by atoms with Crippen molar-refractivity contribution in [1.29, 1.82) is 0 Å². The zero-order valence-electron chi connectivity index (χ0n) is 18.3. The maximum absolute atomic E-state index is 13.3. The summed E-state index contributed by atoms with van der Waals surface area (Å²) >= 11 is 6.39. The molecule has 3 aliphatic rings. The molecule has 0 N–H and O–H groups in total. The molecule has 5 heterocycles. The molecule has 0 bridgehead atoms. The Hall–Kier alpha value is -2.55. The standard InChI is InChI=1S/C24H26ClFN6O/c25-18-1-3-21-17(11-18)13-31(20-7-10-33-15-20)14-23-28-29-24(32(21)23)16-5-8-30(9-6-16)22-4-2-19(26)12-27-22/h1-4,11-12,16,20H,5-10,13-15H2/t20-/m1/s1. The second kappa shape index (κ2) is 8.66. The van der Waals surface area contributed by atoms with Crippen LogP contribution in [0.4, 0.5) is 10.2 Å². The van der Waals surface area contributed by atoms with Gasteiger partial charge in [-0.1, -0.05) is 11.6 Å². The van der Waals surface area contributed by atoms with Gasteiger partial charge in [-0.2, -0.15) is 0 Å². The van der Waals surface area contributed by atoms with Crippen LogP contribution in [0.1, 0.15) is 42.4 Å². The summed E-state index contributed by atoms with van der Waals surface area (Å²) in [4.78, 5) is 8.91. The highest BCUT2D eigenvalue weighted by atomic mass is 35.5.